The number of amides is 1. The van der Waals surface area contributed by atoms with Gasteiger partial charge in [-0.25, -0.2) is 0 Å². The minimum atomic E-state index is -0.475. The molecule has 1 aromatic rings. The average molecular weight is 307 g/mol. The van der Waals surface area contributed by atoms with Crippen molar-refractivity contribution in [3.63, 3.8) is 0 Å². The Morgan fingerprint density at radius 1 is 1.32 bits per heavy atom. The molecular formula is C16H25N3O3. The van der Waals surface area contributed by atoms with Crippen molar-refractivity contribution >= 4 is 17.3 Å². The van der Waals surface area contributed by atoms with E-state index in [9.17, 15) is 14.9 Å². The van der Waals surface area contributed by atoms with Gasteiger partial charge in [-0.3, -0.25) is 14.9 Å². The summed E-state index contributed by atoms with van der Waals surface area (Å²) in [6.07, 6.45) is 0.876. The molecule has 22 heavy (non-hydrogen) atoms. The summed E-state index contributed by atoms with van der Waals surface area (Å²) in [6, 6.07) is 4.46. The predicted octanol–water partition coefficient (Wildman–Crippen LogP) is 3.22. The average Bonchev–Trinajstić information content (AvgIpc) is 2.48. The molecule has 0 heterocycles. The third-order valence-corrected chi connectivity index (χ3v) is 3.55. The van der Waals surface area contributed by atoms with E-state index in [1.54, 1.807) is 6.07 Å². The van der Waals surface area contributed by atoms with Crippen LogP contribution in [0.15, 0.2) is 18.2 Å². The van der Waals surface area contributed by atoms with Gasteiger partial charge in [0.05, 0.1) is 10.5 Å². The van der Waals surface area contributed by atoms with Crippen molar-refractivity contribution in [3.05, 3.63) is 33.9 Å². The van der Waals surface area contributed by atoms with E-state index in [1.807, 2.05) is 18.7 Å². The Bertz CT molecular complexity index is 525. The second-order valence-electron chi connectivity index (χ2n) is 5.57. The topological polar surface area (TPSA) is 75.5 Å². The molecule has 0 fully saturated rings. The molecule has 1 rings (SSSR count). The third-order valence-electron chi connectivity index (χ3n) is 3.55. The number of hydrogen-bond donors (Lipinski definition) is 1. The molecule has 0 radical (unpaired) electrons. The Hall–Kier alpha value is -2.11. The van der Waals surface area contributed by atoms with Crippen LogP contribution in [-0.4, -0.2) is 30.5 Å². The summed E-state index contributed by atoms with van der Waals surface area (Å²) in [5, 5.41) is 13.8. The molecule has 1 N–H and O–H groups in total. The van der Waals surface area contributed by atoms with Gasteiger partial charge in [0.25, 0.3) is 11.6 Å². The molecule has 6 heteroatoms. The molecule has 1 aromatic carbocycles. The van der Waals surface area contributed by atoms with Crippen molar-refractivity contribution in [2.45, 2.75) is 34.1 Å². The highest BCUT2D eigenvalue weighted by molar-refractivity contribution is 6.00. The molecule has 0 unspecified atom stereocenters. The minimum absolute atomic E-state index is 0.0649. The lowest BCUT2D eigenvalue weighted by Crippen LogP contribution is -2.29. The van der Waals surface area contributed by atoms with E-state index >= 15 is 0 Å². The van der Waals surface area contributed by atoms with Gasteiger partial charge >= 0.3 is 0 Å². The predicted molar refractivity (Wildman–Crippen MR) is 88.4 cm³/mol. The van der Waals surface area contributed by atoms with Gasteiger partial charge in [-0.05, 0) is 32.3 Å². The molecule has 0 aliphatic rings. The van der Waals surface area contributed by atoms with E-state index in [-0.39, 0.29) is 11.6 Å². The third kappa shape index (κ3) is 4.72. The zero-order chi connectivity index (χ0) is 16.7. The molecule has 0 bridgehead atoms. The van der Waals surface area contributed by atoms with Crippen molar-refractivity contribution in [1.82, 2.24) is 5.32 Å². The molecule has 1 amide bonds. The second-order valence-corrected chi connectivity index (χ2v) is 5.57. The fourth-order valence-electron chi connectivity index (χ4n) is 2.23. The lowest BCUT2D eigenvalue weighted by molar-refractivity contribution is -0.384. The van der Waals surface area contributed by atoms with Crippen LogP contribution in [0, 0.1) is 16.0 Å². The van der Waals surface area contributed by atoms with E-state index in [0.717, 1.165) is 25.2 Å². The number of non-ortho nitro benzene ring substituents is 1. The summed E-state index contributed by atoms with van der Waals surface area (Å²) in [5.74, 6) is 0.235. The highest BCUT2D eigenvalue weighted by Gasteiger charge is 2.19. The van der Waals surface area contributed by atoms with Crippen LogP contribution in [0.4, 0.5) is 11.4 Å². The van der Waals surface area contributed by atoms with Crippen molar-refractivity contribution < 1.29 is 9.72 Å². The number of carbonyl (C=O) groups is 1. The van der Waals surface area contributed by atoms with Crippen molar-refractivity contribution in [1.29, 1.82) is 0 Å². The summed E-state index contributed by atoms with van der Waals surface area (Å²) in [7, 11) is 0. The number of nitro groups is 1. The first-order valence-electron chi connectivity index (χ1n) is 7.72. The number of hydrogen-bond acceptors (Lipinski definition) is 4. The van der Waals surface area contributed by atoms with Crippen LogP contribution in [0.1, 0.15) is 44.5 Å². The molecule has 0 aromatic heterocycles. The van der Waals surface area contributed by atoms with E-state index in [0.29, 0.717) is 18.0 Å². The molecule has 0 atom stereocenters. The molecule has 0 spiro atoms. The molecule has 0 aliphatic carbocycles. The highest BCUT2D eigenvalue weighted by atomic mass is 16.6. The first-order valence-corrected chi connectivity index (χ1v) is 7.72. The minimum Gasteiger partial charge on any atom is -0.371 e. The quantitative estimate of drug-likeness (QED) is 0.591. The van der Waals surface area contributed by atoms with Gasteiger partial charge < -0.3 is 10.2 Å². The summed E-state index contributed by atoms with van der Waals surface area (Å²) in [4.78, 5) is 24.9. The van der Waals surface area contributed by atoms with Crippen molar-refractivity contribution in [2.24, 2.45) is 5.92 Å². The van der Waals surface area contributed by atoms with Gasteiger partial charge in [0, 0.05) is 37.5 Å². The lowest BCUT2D eigenvalue weighted by Gasteiger charge is -2.23. The van der Waals surface area contributed by atoms with Crippen LogP contribution in [0.5, 0.6) is 0 Å². The van der Waals surface area contributed by atoms with Gasteiger partial charge in [0.1, 0.15) is 0 Å². The van der Waals surface area contributed by atoms with Gasteiger partial charge in [0.15, 0.2) is 0 Å². The van der Waals surface area contributed by atoms with Gasteiger partial charge in [-0.15, -0.1) is 0 Å². The lowest BCUT2D eigenvalue weighted by atomic mass is 10.1. The summed E-state index contributed by atoms with van der Waals surface area (Å²) >= 11 is 0. The van der Waals surface area contributed by atoms with Gasteiger partial charge in [-0.2, -0.15) is 0 Å². The standard InChI is InChI=1S/C16H25N3O3/c1-5-18(6-2)15-8-7-13(19(21)22)11-14(15)16(20)17-10-9-12(3)4/h7-8,11-12H,5-6,9-10H2,1-4H3,(H,17,20). The van der Waals surface area contributed by atoms with Crippen LogP contribution in [0.25, 0.3) is 0 Å². The Balaban J connectivity index is 3.08. The number of nitro benzene ring substituents is 1. The zero-order valence-electron chi connectivity index (χ0n) is 13.8. The number of rotatable bonds is 8. The Labute approximate surface area is 131 Å². The maximum atomic E-state index is 12.4. The number of nitrogens with zero attached hydrogens (tertiary/aromatic N) is 2. The SMILES string of the molecule is CCN(CC)c1ccc([N+](=O)[O-])cc1C(=O)NCCC(C)C. The Morgan fingerprint density at radius 3 is 2.45 bits per heavy atom. The zero-order valence-corrected chi connectivity index (χ0v) is 13.8. The van der Waals surface area contributed by atoms with Gasteiger partial charge in [-0.1, -0.05) is 13.8 Å². The van der Waals surface area contributed by atoms with E-state index in [4.69, 9.17) is 0 Å². The molecule has 0 saturated heterocycles. The summed E-state index contributed by atoms with van der Waals surface area (Å²) < 4.78 is 0. The highest BCUT2D eigenvalue weighted by Crippen LogP contribution is 2.25. The maximum absolute atomic E-state index is 12.4. The van der Waals surface area contributed by atoms with Crippen LogP contribution < -0.4 is 10.2 Å². The van der Waals surface area contributed by atoms with Gasteiger partial charge in [0.2, 0.25) is 0 Å². The maximum Gasteiger partial charge on any atom is 0.270 e. The normalized spacial score (nSPS) is 10.6. The Kier molecular flexibility index (Phi) is 6.82. The monoisotopic (exact) mass is 307 g/mol. The summed E-state index contributed by atoms with van der Waals surface area (Å²) in [5.41, 5.74) is 1.03. The molecule has 0 aliphatic heterocycles. The molecule has 0 saturated carbocycles. The first kappa shape index (κ1) is 17.9. The second kappa shape index (κ2) is 8.36. The van der Waals surface area contributed by atoms with Crippen LogP contribution >= 0.6 is 0 Å². The number of benzene rings is 1. The van der Waals surface area contributed by atoms with Crippen LogP contribution in [-0.2, 0) is 0 Å². The number of anilines is 1. The smallest absolute Gasteiger partial charge is 0.270 e. The summed E-state index contributed by atoms with van der Waals surface area (Å²) in [6.45, 7) is 10.2. The first-order chi connectivity index (χ1) is 10.4. The van der Waals surface area contributed by atoms with Crippen molar-refractivity contribution in [3.8, 4) is 0 Å². The fourth-order valence-corrected chi connectivity index (χ4v) is 2.23. The van der Waals surface area contributed by atoms with E-state index < -0.39 is 4.92 Å². The molecular weight excluding hydrogens is 282 g/mol. The molecule has 122 valence electrons. The van der Waals surface area contributed by atoms with Crippen LogP contribution in [0.3, 0.4) is 0 Å². The van der Waals surface area contributed by atoms with Crippen LogP contribution in [0.2, 0.25) is 0 Å². The largest absolute Gasteiger partial charge is 0.371 e. The molecule has 6 nitrogen and oxygen atoms in total. The van der Waals surface area contributed by atoms with E-state index in [1.165, 1.54) is 12.1 Å². The fraction of sp³-hybridized carbons (Fsp3) is 0.562. The van der Waals surface area contributed by atoms with Crippen molar-refractivity contribution in [2.75, 3.05) is 24.5 Å². The number of nitrogens with one attached hydrogen (secondary N) is 1. The number of carbonyl (C=O) groups excluding carboxylic acids is 1. The Morgan fingerprint density at radius 2 is 1.95 bits per heavy atom. The van der Waals surface area contributed by atoms with E-state index in [2.05, 4.69) is 19.2 Å².